The highest BCUT2D eigenvalue weighted by Gasteiger charge is 2.22. The van der Waals surface area contributed by atoms with Crippen molar-refractivity contribution in [1.82, 2.24) is 15.2 Å². The van der Waals surface area contributed by atoms with Gasteiger partial charge in [0.25, 0.3) is 0 Å². The van der Waals surface area contributed by atoms with E-state index in [9.17, 15) is 4.79 Å². The summed E-state index contributed by atoms with van der Waals surface area (Å²) in [5.41, 5.74) is 6.26. The highest BCUT2D eigenvalue weighted by atomic mass is 16.6. The average molecular weight is 380 g/mol. The molecule has 0 saturated carbocycles. The predicted octanol–water partition coefficient (Wildman–Crippen LogP) is 2.15. The number of nitrogens with zero attached hydrogens (tertiary/aromatic N) is 3. The zero-order chi connectivity index (χ0) is 20.3. The van der Waals surface area contributed by atoms with Gasteiger partial charge < -0.3 is 25.4 Å². The van der Waals surface area contributed by atoms with Gasteiger partial charge in [-0.15, -0.1) is 0 Å². The fraction of sp³-hybridized carbons (Fsp3) is 0.632. The highest BCUT2D eigenvalue weighted by molar-refractivity contribution is 5.78. The van der Waals surface area contributed by atoms with Crippen LogP contribution in [0.5, 0.6) is 0 Å². The van der Waals surface area contributed by atoms with Gasteiger partial charge in [-0.25, -0.2) is 4.79 Å². The van der Waals surface area contributed by atoms with Gasteiger partial charge >= 0.3 is 6.09 Å². The fourth-order valence-corrected chi connectivity index (χ4v) is 2.32. The molecule has 0 aliphatic rings. The van der Waals surface area contributed by atoms with E-state index in [1.165, 1.54) is 0 Å². The van der Waals surface area contributed by atoms with Crippen LogP contribution in [0.4, 0.5) is 4.79 Å². The van der Waals surface area contributed by atoms with Gasteiger partial charge in [-0.3, -0.25) is 9.98 Å². The number of nitrogens with two attached hydrogens (primary N) is 1. The van der Waals surface area contributed by atoms with E-state index in [0.717, 1.165) is 5.56 Å². The third kappa shape index (κ3) is 10.4. The Hall–Kier alpha value is -2.35. The number of amides is 1. The van der Waals surface area contributed by atoms with Crippen molar-refractivity contribution in [2.24, 2.45) is 10.7 Å². The second-order valence-electron chi connectivity index (χ2n) is 7.38. The van der Waals surface area contributed by atoms with E-state index in [0.29, 0.717) is 38.6 Å². The minimum absolute atomic E-state index is 0.0857. The van der Waals surface area contributed by atoms with Gasteiger partial charge in [0, 0.05) is 38.6 Å². The lowest BCUT2D eigenvalue weighted by Crippen LogP contribution is -2.41. The van der Waals surface area contributed by atoms with Crippen LogP contribution in [0.15, 0.2) is 29.5 Å². The predicted molar refractivity (Wildman–Crippen MR) is 106 cm³/mol. The topological polar surface area (TPSA) is 102 Å². The summed E-state index contributed by atoms with van der Waals surface area (Å²) >= 11 is 0. The second kappa shape index (κ2) is 11.4. The normalized spacial score (nSPS) is 13.1. The Morgan fingerprint density at radius 2 is 2.19 bits per heavy atom. The summed E-state index contributed by atoms with van der Waals surface area (Å²) in [6, 6.07) is 3.87. The molecule has 1 atom stereocenters. The van der Waals surface area contributed by atoms with Crippen LogP contribution in [0.25, 0.3) is 0 Å². The van der Waals surface area contributed by atoms with Gasteiger partial charge in [0.15, 0.2) is 5.96 Å². The first-order chi connectivity index (χ1) is 12.7. The SMILES string of the molecule is COCC(C)NC(N)=NCCCN(Cc1cccnc1)C(=O)OC(C)(C)C. The van der Waals surface area contributed by atoms with Crippen LogP contribution < -0.4 is 11.1 Å². The van der Waals surface area contributed by atoms with Crippen LogP contribution in [0.1, 0.15) is 39.7 Å². The van der Waals surface area contributed by atoms with Crippen molar-refractivity contribution >= 4 is 12.1 Å². The molecule has 0 aliphatic carbocycles. The van der Waals surface area contributed by atoms with Crippen molar-refractivity contribution in [2.45, 2.75) is 52.3 Å². The van der Waals surface area contributed by atoms with Crippen molar-refractivity contribution in [1.29, 1.82) is 0 Å². The summed E-state index contributed by atoms with van der Waals surface area (Å²) in [6.45, 7) is 9.52. The van der Waals surface area contributed by atoms with E-state index in [2.05, 4.69) is 15.3 Å². The van der Waals surface area contributed by atoms with Crippen LogP contribution in [-0.2, 0) is 16.0 Å². The molecule has 8 nitrogen and oxygen atoms in total. The molecule has 0 fully saturated rings. The smallest absolute Gasteiger partial charge is 0.410 e. The molecular weight excluding hydrogens is 346 g/mol. The van der Waals surface area contributed by atoms with Crippen molar-refractivity contribution in [3.63, 3.8) is 0 Å². The molecule has 0 spiro atoms. The number of hydrogen-bond acceptors (Lipinski definition) is 5. The molecule has 0 aliphatic heterocycles. The van der Waals surface area contributed by atoms with Crippen molar-refractivity contribution in [3.05, 3.63) is 30.1 Å². The first-order valence-corrected chi connectivity index (χ1v) is 9.13. The third-order valence-corrected chi connectivity index (χ3v) is 3.43. The van der Waals surface area contributed by atoms with Gasteiger partial charge in [0.1, 0.15) is 5.60 Å². The molecular formula is C19H33N5O3. The third-order valence-electron chi connectivity index (χ3n) is 3.43. The number of pyridine rings is 1. The zero-order valence-corrected chi connectivity index (χ0v) is 17.1. The first-order valence-electron chi connectivity index (χ1n) is 9.13. The Morgan fingerprint density at radius 3 is 2.78 bits per heavy atom. The lowest BCUT2D eigenvalue weighted by atomic mass is 10.2. The standard InChI is InChI=1S/C19H33N5O3/c1-15(14-26-5)23-17(20)22-10-7-11-24(18(25)27-19(2,3)4)13-16-8-6-9-21-12-16/h6,8-9,12,15H,7,10-11,13-14H2,1-5H3,(H3,20,22,23). The largest absolute Gasteiger partial charge is 0.444 e. The molecule has 8 heteroatoms. The average Bonchev–Trinajstić information content (AvgIpc) is 2.57. The second-order valence-corrected chi connectivity index (χ2v) is 7.38. The fourth-order valence-electron chi connectivity index (χ4n) is 2.32. The van der Waals surface area contributed by atoms with Gasteiger partial charge in [-0.05, 0) is 45.7 Å². The molecule has 27 heavy (non-hydrogen) atoms. The van der Waals surface area contributed by atoms with Gasteiger partial charge in [0.2, 0.25) is 0 Å². The summed E-state index contributed by atoms with van der Waals surface area (Å²) in [5.74, 6) is 0.371. The number of methoxy groups -OCH3 is 1. The van der Waals surface area contributed by atoms with E-state index >= 15 is 0 Å². The lowest BCUT2D eigenvalue weighted by Gasteiger charge is -2.27. The Labute approximate surface area is 162 Å². The van der Waals surface area contributed by atoms with E-state index in [4.69, 9.17) is 15.2 Å². The van der Waals surface area contributed by atoms with E-state index in [1.807, 2.05) is 39.8 Å². The van der Waals surface area contributed by atoms with Crippen molar-refractivity contribution in [2.75, 3.05) is 26.8 Å². The lowest BCUT2D eigenvalue weighted by molar-refractivity contribution is 0.0232. The number of ether oxygens (including phenoxy) is 2. The monoisotopic (exact) mass is 379 g/mol. The minimum Gasteiger partial charge on any atom is -0.444 e. The minimum atomic E-state index is -0.547. The van der Waals surface area contributed by atoms with Crippen LogP contribution in [0.2, 0.25) is 0 Å². The molecule has 1 heterocycles. The Morgan fingerprint density at radius 1 is 1.44 bits per heavy atom. The molecule has 1 aromatic rings. The zero-order valence-electron chi connectivity index (χ0n) is 17.1. The van der Waals surface area contributed by atoms with E-state index < -0.39 is 5.60 Å². The number of carbonyl (C=O) groups is 1. The molecule has 1 unspecified atom stereocenters. The number of rotatable bonds is 9. The Balaban J connectivity index is 2.59. The van der Waals surface area contributed by atoms with E-state index in [1.54, 1.807) is 24.4 Å². The van der Waals surface area contributed by atoms with Crippen LogP contribution in [0.3, 0.4) is 0 Å². The van der Waals surface area contributed by atoms with Gasteiger partial charge in [0.05, 0.1) is 13.2 Å². The van der Waals surface area contributed by atoms with Crippen LogP contribution in [-0.4, -0.2) is 60.4 Å². The molecule has 0 bridgehead atoms. The number of nitrogens with one attached hydrogen (secondary N) is 1. The highest BCUT2D eigenvalue weighted by Crippen LogP contribution is 2.12. The summed E-state index contributed by atoms with van der Waals surface area (Å²) in [5, 5.41) is 3.05. The summed E-state index contributed by atoms with van der Waals surface area (Å²) in [7, 11) is 1.64. The first kappa shape index (κ1) is 22.7. The number of hydrogen-bond donors (Lipinski definition) is 2. The molecule has 1 rings (SSSR count). The maximum Gasteiger partial charge on any atom is 0.410 e. The van der Waals surface area contributed by atoms with Gasteiger partial charge in [-0.2, -0.15) is 0 Å². The summed E-state index contributed by atoms with van der Waals surface area (Å²) in [4.78, 5) is 22.6. The Bertz CT molecular complexity index is 587. The number of aliphatic imine (C=N–C) groups is 1. The maximum atomic E-state index is 12.5. The van der Waals surface area contributed by atoms with Crippen LogP contribution >= 0.6 is 0 Å². The molecule has 0 radical (unpaired) electrons. The van der Waals surface area contributed by atoms with Crippen molar-refractivity contribution < 1.29 is 14.3 Å². The molecule has 0 saturated heterocycles. The number of aromatic nitrogens is 1. The summed E-state index contributed by atoms with van der Waals surface area (Å²) in [6.07, 6.45) is 3.76. The quantitative estimate of drug-likeness (QED) is 0.387. The van der Waals surface area contributed by atoms with Crippen LogP contribution in [0, 0.1) is 0 Å². The van der Waals surface area contributed by atoms with Gasteiger partial charge in [-0.1, -0.05) is 6.07 Å². The molecule has 1 aromatic heterocycles. The summed E-state index contributed by atoms with van der Waals surface area (Å²) < 4.78 is 10.6. The molecule has 1 amide bonds. The number of guanidine groups is 1. The molecule has 0 aromatic carbocycles. The maximum absolute atomic E-state index is 12.5. The molecule has 152 valence electrons. The van der Waals surface area contributed by atoms with E-state index in [-0.39, 0.29) is 12.1 Å². The number of carbonyl (C=O) groups excluding carboxylic acids is 1. The Kier molecular flexibility index (Phi) is 9.56. The van der Waals surface area contributed by atoms with Crippen molar-refractivity contribution in [3.8, 4) is 0 Å². The molecule has 3 N–H and O–H groups in total.